The first kappa shape index (κ1) is 14.3. The van der Waals surface area contributed by atoms with Gasteiger partial charge in [0.15, 0.2) is 5.03 Å². The predicted molar refractivity (Wildman–Crippen MR) is 68.7 cm³/mol. The van der Waals surface area contributed by atoms with Gasteiger partial charge in [-0.25, -0.2) is 13.4 Å². The maximum Gasteiger partial charge on any atom is 0.280 e. The second-order valence-electron chi connectivity index (χ2n) is 3.90. The van der Waals surface area contributed by atoms with Gasteiger partial charge in [-0.15, -0.1) is 6.58 Å². The van der Waals surface area contributed by atoms with Gasteiger partial charge in [-0.1, -0.05) is 12.5 Å². The Morgan fingerprint density at radius 3 is 2.71 bits per heavy atom. The number of unbranched alkanes of at least 4 members (excludes halogenated alkanes) is 3. The van der Waals surface area contributed by atoms with Crippen LogP contribution in [0.1, 0.15) is 31.5 Å². The summed E-state index contributed by atoms with van der Waals surface area (Å²) in [5.41, 5.74) is 0. The zero-order chi connectivity index (χ0) is 12.9. The van der Waals surface area contributed by atoms with Gasteiger partial charge >= 0.3 is 0 Å². The second-order valence-corrected chi connectivity index (χ2v) is 6.41. The fourth-order valence-electron chi connectivity index (χ4n) is 1.57. The van der Waals surface area contributed by atoms with Gasteiger partial charge in [0.1, 0.15) is 5.82 Å². The topological polar surface area (TPSA) is 52.0 Å². The van der Waals surface area contributed by atoms with Gasteiger partial charge in [0.05, 0.1) is 0 Å². The van der Waals surface area contributed by atoms with E-state index in [1.807, 2.05) is 10.6 Å². The van der Waals surface area contributed by atoms with Crippen LogP contribution in [-0.2, 0) is 15.6 Å². The Balaban J connectivity index is 2.55. The highest BCUT2D eigenvalue weighted by molar-refractivity contribution is 8.13. The van der Waals surface area contributed by atoms with Gasteiger partial charge in [0.25, 0.3) is 9.05 Å². The first-order chi connectivity index (χ1) is 7.95. The molecule has 1 aromatic rings. The van der Waals surface area contributed by atoms with Crippen LogP contribution in [0.4, 0.5) is 0 Å². The molecule has 0 N–H and O–H groups in total. The highest BCUT2D eigenvalue weighted by atomic mass is 35.7. The highest BCUT2D eigenvalue weighted by Gasteiger charge is 2.15. The van der Waals surface area contributed by atoms with Crippen molar-refractivity contribution in [1.82, 2.24) is 9.55 Å². The van der Waals surface area contributed by atoms with Crippen molar-refractivity contribution in [1.29, 1.82) is 0 Å². The Morgan fingerprint density at radius 2 is 2.18 bits per heavy atom. The molecule has 0 aliphatic rings. The van der Waals surface area contributed by atoms with Gasteiger partial charge in [0.2, 0.25) is 0 Å². The lowest BCUT2D eigenvalue weighted by Crippen LogP contribution is -1.98. The molecule has 0 saturated heterocycles. The van der Waals surface area contributed by atoms with E-state index in [0.29, 0.717) is 5.82 Å². The smallest absolute Gasteiger partial charge is 0.280 e. The fourth-order valence-corrected chi connectivity index (χ4v) is 2.29. The SMILES string of the molecule is C=CCCCCCn1cc(S(=O)(=O)Cl)nc1C. The average Bonchev–Trinajstić information content (AvgIpc) is 2.60. The van der Waals surface area contributed by atoms with Crippen LogP contribution in [-0.4, -0.2) is 18.0 Å². The van der Waals surface area contributed by atoms with Crippen LogP contribution in [0, 0.1) is 6.92 Å². The maximum atomic E-state index is 11.1. The van der Waals surface area contributed by atoms with Gasteiger partial charge in [-0.3, -0.25) is 0 Å². The van der Waals surface area contributed by atoms with Crippen LogP contribution in [0.25, 0.3) is 0 Å². The molecular weight excluding hydrogens is 260 g/mol. The second kappa shape index (κ2) is 6.21. The number of imidazole rings is 1. The molecule has 0 bridgehead atoms. The maximum absolute atomic E-state index is 11.1. The molecule has 0 atom stereocenters. The fraction of sp³-hybridized carbons (Fsp3) is 0.545. The van der Waals surface area contributed by atoms with Crippen molar-refractivity contribution in [3.8, 4) is 0 Å². The standard InChI is InChI=1S/C11H17ClN2O2S/c1-3-4-5-6-7-8-14-9-11(13-10(14)2)17(12,15)16/h3,9H,1,4-8H2,2H3. The predicted octanol–water partition coefficient (Wildman–Crippen LogP) is 2.87. The summed E-state index contributed by atoms with van der Waals surface area (Å²) in [6.07, 6.45) is 7.60. The highest BCUT2D eigenvalue weighted by Crippen LogP contribution is 2.15. The zero-order valence-corrected chi connectivity index (χ0v) is 11.5. The van der Waals surface area contributed by atoms with E-state index in [1.54, 1.807) is 6.92 Å². The number of aryl methyl sites for hydroxylation is 2. The van der Waals surface area contributed by atoms with Crippen molar-refractivity contribution in [3.63, 3.8) is 0 Å². The van der Waals surface area contributed by atoms with Crippen LogP contribution in [0.2, 0.25) is 0 Å². The quantitative estimate of drug-likeness (QED) is 0.437. The molecule has 1 aromatic heterocycles. The van der Waals surface area contributed by atoms with E-state index < -0.39 is 9.05 Å². The third-order valence-electron chi connectivity index (χ3n) is 2.51. The summed E-state index contributed by atoms with van der Waals surface area (Å²) in [5.74, 6) is 0.674. The van der Waals surface area contributed by atoms with E-state index in [0.717, 1.165) is 32.2 Å². The van der Waals surface area contributed by atoms with E-state index in [-0.39, 0.29) is 5.03 Å². The Morgan fingerprint density at radius 1 is 1.47 bits per heavy atom. The van der Waals surface area contributed by atoms with Crippen molar-refractivity contribution >= 4 is 19.7 Å². The Hall–Kier alpha value is -0.810. The lowest BCUT2D eigenvalue weighted by molar-refractivity contribution is 0.579. The minimum Gasteiger partial charge on any atom is -0.334 e. The molecule has 0 aromatic carbocycles. The summed E-state index contributed by atoms with van der Waals surface area (Å²) in [6, 6.07) is 0. The van der Waals surface area contributed by atoms with E-state index in [2.05, 4.69) is 11.6 Å². The minimum absolute atomic E-state index is 0.0669. The van der Waals surface area contributed by atoms with Gasteiger partial charge in [0, 0.05) is 23.4 Å². The molecule has 0 saturated carbocycles. The molecule has 96 valence electrons. The largest absolute Gasteiger partial charge is 0.334 e. The van der Waals surface area contributed by atoms with Crippen molar-refractivity contribution in [2.24, 2.45) is 0 Å². The van der Waals surface area contributed by atoms with Gasteiger partial charge in [-0.2, -0.15) is 0 Å². The molecule has 4 nitrogen and oxygen atoms in total. The van der Waals surface area contributed by atoms with Crippen LogP contribution in [0.3, 0.4) is 0 Å². The van der Waals surface area contributed by atoms with E-state index >= 15 is 0 Å². The van der Waals surface area contributed by atoms with Crippen LogP contribution >= 0.6 is 10.7 Å². The van der Waals surface area contributed by atoms with Crippen molar-refractivity contribution < 1.29 is 8.42 Å². The van der Waals surface area contributed by atoms with Gasteiger partial charge in [-0.05, 0) is 26.2 Å². The lowest BCUT2D eigenvalue weighted by atomic mass is 10.2. The summed E-state index contributed by atoms with van der Waals surface area (Å²) in [4.78, 5) is 3.92. The number of aromatic nitrogens is 2. The molecule has 0 amide bonds. The first-order valence-electron chi connectivity index (χ1n) is 5.54. The Bertz CT molecular complexity index is 480. The number of allylic oxidation sites excluding steroid dienone is 1. The lowest BCUT2D eigenvalue weighted by Gasteiger charge is -2.03. The zero-order valence-electron chi connectivity index (χ0n) is 9.89. The van der Waals surface area contributed by atoms with Gasteiger partial charge < -0.3 is 4.57 Å². The van der Waals surface area contributed by atoms with Crippen molar-refractivity contribution in [2.75, 3.05) is 0 Å². The molecule has 6 heteroatoms. The van der Waals surface area contributed by atoms with Crippen LogP contribution < -0.4 is 0 Å². The van der Waals surface area contributed by atoms with Crippen molar-refractivity contribution in [2.45, 2.75) is 44.2 Å². The number of nitrogens with zero attached hydrogens (tertiary/aromatic N) is 2. The molecule has 0 radical (unpaired) electrons. The number of halogens is 1. The molecule has 0 unspecified atom stereocenters. The van der Waals surface area contributed by atoms with E-state index in [4.69, 9.17) is 10.7 Å². The molecule has 17 heavy (non-hydrogen) atoms. The Labute approximate surface area is 107 Å². The third kappa shape index (κ3) is 4.52. The molecule has 1 rings (SSSR count). The summed E-state index contributed by atoms with van der Waals surface area (Å²) in [5, 5.41) is -0.0669. The molecule has 0 spiro atoms. The summed E-state index contributed by atoms with van der Waals surface area (Å²) in [6.45, 7) is 6.20. The Kier molecular flexibility index (Phi) is 5.21. The number of hydrogen-bond donors (Lipinski definition) is 0. The normalized spacial score (nSPS) is 11.6. The first-order valence-corrected chi connectivity index (χ1v) is 7.85. The van der Waals surface area contributed by atoms with E-state index in [9.17, 15) is 8.42 Å². The number of hydrogen-bond acceptors (Lipinski definition) is 3. The molecule has 0 aliphatic carbocycles. The van der Waals surface area contributed by atoms with E-state index in [1.165, 1.54) is 6.20 Å². The average molecular weight is 277 g/mol. The molecular formula is C11H17ClN2O2S. The summed E-state index contributed by atoms with van der Waals surface area (Å²) < 4.78 is 24.0. The summed E-state index contributed by atoms with van der Waals surface area (Å²) in [7, 11) is 1.52. The molecule has 0 fully saturated rings. The van der Waals surface area contributed by atoms with Crippen LogP contribution in [0.5, 0.6) is 0 Å². The van der Waals surface area contributed by atoms with Crippen LogP contribution in [0.15, 0.2) is 23.9 Å². The molecule has 1 heterocycles. The van der Waals surface area contributed by atoms with Crippen molar-refractivity contribution in [3.05, 3.63) is 24.7 Å². The molecule has 0 aliphatic heterocycles. The minimum atomic E-state index is -3.72. The summed E-state index contributed by atoms with van der Waals surface area (Å²) >= 11 is 0. The third-order valence-corrected chi connectivity index (χ3v) is 3.68. The monoisotopic (exact) mass is 276 g/mol. The number of rotatable bonds is 7.